The number of nitrogens with zero attached hydrogens (tertiary/aromatic N) is 1. The maximum absolute atomic E-state index is 12.9. The first kappa shape index (κ1) is 18.6. The summed E-state index contributed by atoms with van der Waals surface area (Å²) >= 11 is 3.26. The van der Waals surface area contributed by atoms with Gasteiger partial charge in [-0.2, -0.15) is 8.42 Å². The molecule has 6 nitrogen and oxygen atoms in total. The molecule has 0 spiro atoms. The van der Waals surface area contributed by atoms with Crippen molar-refractivity contribution in [2.75, 3.05) is 4.90 Å². The zero-order valence-corrected chi connectivity index (χ0v) is 17.5. The average Bonchev–Trinajstić information content (AvgIpc) is 3.37. The van der Waals surface area contributed by atoms with E-state index >= 15 is 0 Å². The van der Waals surface area contributed by atoms with E-state index in [4.69, 9.17) is 4.18 Å². The smallest absolute Gasteiger partial charge is 0.339 e. The lowest BCUT2D eigenvalue weighted by molar-refractivity contribution is -0.123. The lowest BCUT2D eigenvalue weighted by atomic mass is 9.85. The van der Waals surface area contributed by atoms with Gasteiger partial charge >= 0.3 is 10.1 Å². The second kappa shape index (κ2) is 6.53. The van der Waals surface area contributed by atoms with Gasteiger partial charge in [-0.15, -0.1) is 0 Å². The summed E-state index contributed by atoms with van der Waals surface area (Å²) < 4.78 is 30.7. The highest BCUT2D eigenvalue weighted by atomic mass is 79.9. The van der Waals surface area contributed by atoms with E-state index in [1.54, 1.807) is 24.3 Å². The molecular weight excluding hydrogens is 458 g/mol. The molecular formula is C21H16BrNO5S. The summed E-state index contributed by atoms with van der Waals surface area (Å²) in [5.74, 6) is -0.494. The molecule has 4 atom stereocenters. The Balaban J connectivity index is 1.36. The molecule has 2 aromatic rings. The van der Waals surface area contributed by atoms with E-state index in [1.165, 1.54) is 29.2 Å². The molecule has 1 saturated carbocycles. The number of allylic oxidation sites excluding steroid dienone is 2. The van der Waals surface area contributed by atoms with E-state index in [0.717, 1.165) is 10.9 Å². The number of hydrogen-bond donors (Lipinski definition) is 0. The van der Waals surface area contributed by atoms with E-state index in [2.05, 4.69) is 15.9 Å². The van der Waals surface area contributed by atoms with Gasteiger partial charge in [0.15, 0.2) is 0 Å². The molecule has 2 aromatic carbocycles. The second-order valence-electron chi connectivity index (χ2n) is 7.50. The molecule has 2 bridgehead atoms. The number of carbonyl (C=O) groups is 2. The lowest BCUT2D eigenvalue weighted by Crippen LogP contribution is -2.32. The highest BCUT2D eigenvalue weighted by molar-refractivity contribution is 9.10. The van der Waals surface area contributed by atoms with Crippen molar-refractivity contribution in [2.45, 2.75) is 11.3 Å². The lowest BCUT2D eigenvalue weighted by Gasteiger charge is -2.17. The normalized spacial score (nSPS) is 27.6. The van der Waals surface area contributed by atoms with Crippen molar-refractivity contribution in [1.29, 1.82) is 0 Å². The molecule has 5 rings (SSSR count). The molecule has 1 heterocycles. The summed E-state index contributed by atoms with van der Waals surface area (Å²) in [5, 5.41) is 0. The molecule has 4 unspecified atom stereocenters. The SMILES string of the molecule is O=C1C2C3C=CC(C3)C2C(=O)N1c1ccc(OS(=O)(=O)c2ccc(Br)cc2)cc1. The number of hydrogen-bond acceptors (Lipinski definition) is 5. The molecule has 3 aliphatic rings. The molecule has 148 valence electrons. The number of rotatable bonds is 4. The topological polar surface area (TPSA) is 80.8 Å². The van der Waals surface area contributed by atoms with Gasteiger partial charge in [-0.05, 0) is 66.8 Å². The second-order valence-corrected chi connectivity index (χ2v) is 9.96. The Morgan fingerprint density at radius 2 is 1.41 bits per heavy atom. The van der Waals surface area contributed by atoms with Crippen LogP contribution in [0.2, 0.25) is 0 Å². The van der Waals surface area contributed by atoms with Crippen LogP contribution in [0.1, 0.15) is 6.42 Å². The van der Waals surface area contributed by atoms with Gasteiger partial charge < -0.3 is 4.18 Å². The van der Waals surface area contributed by atoms with E-state index in [9.17, 15) is 18.0 Å². The van der Waals surface area contributed by atoms with Crippen molar-refractivity contribution in [3.63, 3.8) is 0 Å². The standard InChI is InChI=1S/C21H16BrNO5S/c22-14-3-9-17(10-4-14)29(26,27)28-16-7-5-15(6-8-16)23-20(24)18-12-1-2-13(11-12)19(18)21(23)25/h1-10,12-13,18-19H,11H2. The maximum atomic E-state index is 12.9. The number of anilines is 1. The van der Waals surface area contributed by atoms with Crippen LogP contribution in [0.5, 0.6) is 5.75 Å². The predicted molar refractivity (Wildman–Crippen MR) is 109 cm³/mol. The first-order chi connectivity index (χ1) is 13.8. The fourth-order valence-corrected chi connectivity index (χ4v) is 5.78. The van der Waals surface area contributed by atoms with Crippen LogP contribution in [0, 0.1) is 23.7 Å². The average molecular weight is 474 g/mol. The molecule has 1 aliphatic heterocycles. The first-order valence-electron chi connectivity index (χ1n) is 9.21. The van der Waals surface area contributed by atoms with Gasteiger partial charge in [-0.3, -0.25) is 14.5 Å². The molecule has 8 heteroatoms. The molecule has 2 aliphatic carbocycles. The molecule has 2 amide bonds. The number of imide groups is 1. The number of fused-ring (bicyclic) bond motifs is 5. The van der Waals surface area contributed by atoms with Crippen LogP contribution in [0.15, 0.2) is 70.1 Å². The fourth-order valence-electron chi connectivity index (χ4n) is 4.58. The number of amides is 2. The monoisotopic (exact) mass is 473 g/mol. The van der Waals surface area contributed by atoms with Crippen molar-refractivity contribution in [2.24, 2.45) is 23.7 Å². The molecule has 29 heavy (non-hydrogen) atoms. The van der Waals surface area contributed by atoms with Gasteiger partial charge in [-0.25, -0.2) is 0 Å². The Hall–Kier alpha value is -2.45. The van der Waals surface area contributed by atoms with Crippen LogP contribution in [-0.2, 0) is 19.7 Å². The summed E-state index contributed by atoms with van der Waals surface area (Å²) in [5.41, 5.74) is 0.433. The van der Waals surface area contributed by atoms with Gasteiger partial charge in [0.25, 0.3) is 0 Å². The zero-order chi connectivity index (χ0) is 20.3. The van der Waals surface area contributed by atoms with Gasteiger partial charge in [0.1, 0.15) is 10.6 Å². The van der Waals surface area contributed by atoms with Crippen LogP contribution < -0.4 is 9.08 Å². The summed E-state index contributed by atoms with van der Waals surface area (Å²) in [4.78, 5) is 27.0. The Morgan fingerprint density at radius 3 is 1.97 bits per heavy atom. The van der Waals surface area contributed by atoms with Crippen LogP contribution in [0.25, 0.3) is 0 Å². The minimum Gasteiger partial charge on any atom is -0.379 e. The molecule has 0 N–H and O–H groups in total. The number of carbonyl (C=O) groups excluding carboxylic acids is 2. The predicted octanol–water partition coefficient (Wildman–Crippen LogP) is 3.53. The molecule has 1 saturated heterocycles. The Labute approximate surface area is 176 Å². The van der Waals surface area contributed by atoms with Crippen molar-refractivity contribution in [3.05, 3.63) is 65.2 Å². The quantitative estimate of drug-likeness (QED) is 0.385. The van der Waals surface area contributed by atoms with Crippen molar-refractivity contribution >= 4 is 43.5 Å². The van der Waals surface area contributed by atoms with Crippen LogP contribution in [0.4, 0.5) is 5.69 Å². The van der Waals surface area contributed by atoms with E-state index in [0.29, 0.717) is 5.69 Å². The number of halogens is 1. The van der Waals surface area contributed by atoms with Gasteiger partial charge in [-0.1, -0.05) is 28.1 Å². The van der Waals surface area contributed by atoms with E-state index in [1.807, 2.05) is 12.2 Å². The van der Waals surface area contributed by atoms with Crippen molar-refractivity contribution in [1.82, 2.24) is 0 Å². The third-order valence-electron chi connectivity index (χ3n) is 5.87. The van der Waals surface area contributed by atoms with Gasteiger partial charge in [0, 0.05) is 4.47 Å². The largest absolute Gasteiger partial charge is 0.379 e. The van der Waals surface area contributed by atoms with Gasteiger partial charge in [0.2, 0.25) is 11.8 Å². The zero-order valence-electron chi connectivity index (χ0n) is 15.1. The minimum absolute atomic E-state index is 0.0328. The van der Waals surface area contributed by atoms with E-state index < -0.39 is 10.1 Å². The van der Waals surface area contributed by atoms with Crippen molar-refractivity contribution < 1.29 is 22.2 Å². The summed E-state index contributed by atoms with van der Waals surface area (Å²) in [6, 6.07) is 12.1. The highest BCUT2D eigenvalue weighted by Crippen LogP contribution is 2.53. The Kier molecular flexibility index (Phi) is 4.18. The first-order valence-corrected chi connectivity index (χ1v) is 11.4. The third-order valence-corrected chi connectivity index (χ3v) is 7.66. The number of benzene rings is 2. The van der Waals surface area contributed by atoms with Crippen molar-refractivity contribution in [3.8, 4) is 5.75 Å². The van der Waals surface area contributed by atoms with Crippen LogP contribution in [0.3, 0.4) is 0 Å². The third kappa shape index (κ3) is 2.93. The summed E-state index contributed by atoms with van der Waals surface area (Å²) in [7, 11) is -3.98. The molecule has 0 aromatic heterocycles. The highest BCUT2D eigenvalue weighted by Gasteiger charge is 2.59. The van der Waals surface area contributed by atoms with Crippen LogP contribution in [-0.4, -0.2) is 20.2 Å². The Bertz CT molecular complexity index is 1110. The van der Waals surface area contributed by atoms with E-state index in [-0.39, 0.29) is 46.1 Å². The minimum atomic E-state index is -3.98. The summed E-state index contributed by atoms with van der Waals surface area (Å²) in [6.07, 6.45) is 4.97. The summed E-state index contributed by atoms with van der Waals surface area (Å²) in [6.45, 7) is 0. The van der Waals surface area contributed by atoms with Crippen LogP contribution >= 0.6 is 15.9 Å². The Morgan fingerprint density at radius 1 is 0.862 bits per heavy atom. The maximum Gasteiger partial charge on any atom is 0.339 e. The molecule has 2 fully saturated rings. The fraction of sp³-hybridized carbons (Fsp3) is 0.238. The van der Waals surface area contributed by atoms with Gasteiger partial charge in [0.05, 0.1) is 17.5 Å². The molecule has 0 radical (unpaired) electrons.